The Morgan fingerprint density at radius 1 is 1.35 bits per heavy atom. The number of amidine groups is 1. The summed E-state index contributed by atoms with van der Waals surface area (Å²) in [6.45, 7) is 0. The maximum Gasteiger partial charge on any atom is 0.202 e. The number of hydrogen-bond acceptors (Lipinski definition) is 6. The highest BCUT2D eigenvalue weighted by molar-refractivity contribution is 9.10. The molecule has 2 rings (SSSR count). The van der Waals surface area contributed by atoms with E-state index in [0.29, 0.717) is 4.47 Å². The summed E-state index contributed by atoms with van der Waals surface area (Å²) in [6.07, 6.45) is 1.46. The molecule has 0 amide bonds. The quantitative estimate of drug-likeness (QED) is 0.320. The third-order valence-corrected chi connectivity index (χ3v) is 3.42. The molecule has 1 heterocycles. The first-order valence-electron chi connectivity index (χ1n) is 6.16. The molecule has 2 aromatic rings. The molecule has 0 saturated carbocycles. The number of benzene rings is 1. The largest absolute Gasteiger partial charge is 0.494 e. The number of aromatic nitrogens is 1. The van der Waals surface area contributed by atoms with Gasteiger partial charge in [-0.1, -0.05) is 0 Å². The Kier molecular flexibility index (Phi) is 4.96. The molecule has 1 aromatic carbocycles. The number of nitrogens with two attached hydrogens (primary N) is 3. The van der Waals surface area contributed by atoms with Crippen LogP contribution in [0.25, 0.3) is 0 Å². The molecule has 0 spiro atoms. The van der Waals surface area contributed by atoms with Crippen molar-refractivity contribution in [3.63, 3.8) is 0 Å². The lowest BCUT2D eigenvalue weighted by Crippen LogP contribution is -2.40. The van der Waals surface area contributed by atoms with Gasteiger partial charge in [0.05, 0.1) is 18.4 Å². The number of hydrazine groups is 1. The van der Waals surface area contributed by atoms with Crippen LogP contribution >= 0.6 is 15.9 Å². The van der Waals surface area contributed by atoms with Crippen LogP contribution in [0.3, 0.4) is 0 Å². The van der Waals surface area contributed by atoms with Gasteiger partial charge in [-0.15, -0.1) is 0 Å². The fraction of sp³-hybridized carbons (Fsp3) is 0.0769. The Bertz CT molecular complexity index is 770. The van der Waals surface area contributed by atoms with E-state index in [1.54, 1.807) is 6.07 Å². The van der Waals surface area contributed by atoms with Crippen molar-refractivity contribution in [3.05, 3.63) is 46.1 Å². The highest BCUT2D eigenvalue weighted by Gasteiger charge is 2.22. The maximum absolute atomic E-state index is 14.2. The summed E-state index contributed by atoms with van der Waals surface area (Å²) in [5.74, 6) is 8.49. The third kappa shape index (κ3) is 3.17. The van der Waals surface area contributed by atoms with Gasteiger partial charge in [-0.2, -0.15) is 9.49 Å². The van der Waals surface area contributed by atoms with Gasteiger partial charge in [0.1, 0.15) is 5.82 Å². The number of nitrogens with zero attached hydrogens (tertiary/aromatic N) is 3. The monoisotopic (exact) mass is 386 g/mol. The van der Waals surface area contributed by atoms with Crippen LogP contribution < -0.4 is 27.2 Å². The zero-order chi connectivity index (χ0) is 17.1. The number of anilines is 2. The van der Waals surface area contributed by atoms with Crippen molar-refractivity contribution in [2.75, 3.05) is 17.9 Å². The van der Waals surface area contributed by atoms with Gasteiger partial charge in [0.2, 0.25) is 5.82 Å². The van der Waals surface area contributed by atoms with Crippen LogP contribution in [0.15, 0.2) is 34.0 Å². The summed E-state index contributed by atoms with van der Waals surface area (Å²) in [6, 6.07) is 4.00. The Balaban J connectivity index is 2.52. The summed E-state index contributed by atoms with van der Waals surface area (Å²) in [4.78, 5) is 3.92. The van der Waals surface area contributed by atoms with Crippen molar-refractivity contribution in [2.45, 2.75) is 0 Å². The second-order valence-corrected chi connectivity index (χ2v) is 5.24. The SMILES string of the molecule is COc1ccc(N(N)/C(=N\N)c2cc(Br)cnc2N)c(F)c1F. The van der Waals surface area contributed by atoms with Crippen LogP contribution in [0, 0.1) is 11.6 Å². The first-order valence-corrected chi connectivity index (χ1v) is 6.96. The molecule has 7 nitrogen and oxygen atoms in total. The first kappa shape index (κ1) is 16.9. The van der Waals surface area contributed by atoms with Crippen molar-refractivity contribution >= 4 is 33.3 Å². The van der Waals surface area contributed by atoms with Crippen LogP contribution in [0.1, 0.15) is 5.56 Å². The molecule has 6 N–H and O–H groups in total. The number of hydrogen-bond donors (Lipinski definition) is 3. The van der Waals surface area contributed by atoms with Gasteiger partial charge in [-0.3, -0.25) is 5.01 Å². The van der Waals surface area contributed by atoms with Crippen LogP contribution in [-0.4, -0.2) is 17.9 Å². The molecule has 0 aliphatic heterocycles. The van der Waals surface area contributed by atoms with Gasteiger partial charge in [-0.05, 0) is 34.1 Å². The van der Waals surface area contributed by atoms with E-state index in [-0.39, 0.29) is 28.7 Å². The maximum atomic E-state index is 14.2. The molecule has 0 unspecified atom stereocenters. The van der Waals surface area contributed by atoms with Crippen molar-refractivity contribution < 1.29 is 13.5 Å². The minimum Gasteiger partial charge on any atom is -0.494 e. The van der Waals surface area contributed by atoms with E-state index in [9.17, 15) is 8.78 Å². The van der Waals surface area contributed by atoms with Gasteiger partial charge in [0.15, 0.2) is 17.4 Å². The topological polar surface area (TPSA) is 116 Å². The van der Waals surface area contributed by atoms with Crippen molar-refractivity contribution in [2.24, 2.45) is 16.8 Å². The van der Waals surface area contributed by atoms with Gasteiger partial charge < -0.3 is 16.3 Å². The Labute approximate surface area is 138 Å². The van der Waals surface area contributed by atoms with Gasteiger partial charge in [-0.25, -0.2) is 15.2 Å². The molecule has 0 atom stereocenters. The zero-order valence-corrected chi connectivity index (χ0v) is 13.5. The van der Waals surface area contributed by atoms with Crippen LogP contribution in [0.4, 0.5) is 20.3 Å². The van der Waals surface area contributed by atoms with Crippen molar-refractivity contribution in [1.29, 1.82) is 0 Å². The molecular weight excluding hydrogens is 374 g/mol. The third-order valence-electron chi connectivity index (χ3n) is 2.98. The second-order valence-electron chi connectivity index (χ2n) is 4.32. The molecule has 0 bridgehead atoms. The van der Waals surface area contributed by atoms with Crippen molar-refractivity contribution in [3.8, 4) is 5.75 Å². The Morgan fingerprint density at radius 2 is 2.04 bits per heavy atom. The average molecular weight is 387 g/mol. The standard InChI is InChI=1S/C13H13BrF2N6O/c1-23-9-3-2-8(10(15)11(9)16)22(19)13(21-18)7-4-6(14)5-20-12(7)17/h2-5H,18-19H2,1H3,(H2,17,20)/b21-13-. The number of halogens is 3. The highest BCUT2D eigenvalue weighted by Crippen LogP contribution is 2.28. The van der Waals surface area contributed by atoms with Crippen LogP contribution in [-0.2, 0) is 0 Å². The smallest absolute Gasteiger partial charge is 0.202 e. The molecule has 0 aliphatic carbocycles. The molecule has 122 valence electrons. The lowest BCUT2D eigenvalue weighted by Gasteiger charge is -2.22. The lowest BCUT2D eigenvalue weighted by atomic mass is 10.2. The Morgan fingerprint density at radius 3 is 2.65 bits per heavy atom. The molecular formula is C13H13BrF2N6O. The van der Waals surface area contributed by atoms with Crippen molar-refractivity contribution in [1.82, 2.24) is 4.98 Å². The molecule has 0 radical (unpaired) electrons. The van der Waals surface area contributed by atoms with E-state index >= 15 is 0 Å². The van der Waals surface area contributed by atoms with Crippen LogP contribution in [0.2, 0.25) is 0 Å². The molecule has 0 aliphatic rings. The highest BCUT2D eigenvalue weighted by atomic mass is 79.9. The average Bonchev–Trinajstić information content (AvgIpc) is 2.53. The Hall–Kier alpha value is -2.46. The number of methoxy groups -OCH3 is 1. The minimum absolute atomic E-state index is 0.0715. The fourth-order valence-electron chi connectivity index (χ4n) is 1.87. The second kappa shape index (κ2) is 6.75. The predicted octanol–water partition coefficient (Wildman–Crippen LogP) is 1.71. The molecule has 0 saturated heterocycles. The molecule has 10 heteroatoms. The van der Waals surface area contributed by atoms with E-state index in [2.05, 4.69) is 26.0 Å². The normalized spacial score (nSPS) is 11.4. The summed E-state index contributed by atoms with van der Waals surface area (Å²) in [5.41, 5.74) is 5.71. The van der Waals surface area contributed by atoms with Gasteiger partial charge in [0, 0.05) is 10.7 Å². The molecule has 23 heavy (non-hydrogen) atoms. The van der Waals surface area contributed by atoms with E-state index in [4.69, 9.17) is 22.2 Å². The first-order chi connectivity index (χ1) is 10.9. The summed E-state index contributed by atoms with van der Waals surface area (Å²) in [7, 11) is 1.22. The van der Waals surface area contributed by atoms with Crippen LogP contribution in [0.5, 0.6) is 5.75 Å². The molecule has 0 fully saturated rings. The summed E-state index contributed by atoms with van der Waals surface area (Å²) >= 11 is 3.22. The van der Waals surface area contributed by atoms with Gasteiger partial charge >= 0.3 is 0 Å². The minimum atomic E-state index is -1.21. The number of pyridine rings is 1. The number of nitrogen functional groups attached to an aromatic ring is 1. The summed E-state index contributed by atoms with van der Waals surface area (Å²) < 4.78 is 33.3. The fourth-order valence-corrected chi connectivity index (χ4v) is 2.20. The van der Waals surface area contributed by atoms with E-state index in [0.717, 1.165) is 5.01 Å². The molecule has 1 aromatic heterocycles. The summed E-state index contributed by atoms with van der Waals surface area (Å²) in [5, 5.41) is 4.28. The number of ether oxygens (including phenoxy) is 1. The number of rotatable bonds is 3. The predicted molar refractivity (Wildman–Crippen MR) is 86.7 cm³/mol. The van der Waals surface area contributed by atoms with E-state index in [1.165, 1.54) is 25.4 Å². The number of hydrazone groups is 1. The van der Waals surface area contributed by atoms with E-state index in [1.807, 2.05) is 0 Å². The zero-order valence-electron chi connectivity index (χ0n) is 11.9. The van der Waals surface area contributed by atoms with Gasteiger partial charge in [0.25, 0.3) is 0 Å². The lowest BCUT2D eigenvalue weighted by molar-refractivity contribution is 0.372. The van der Waals surface area contributed by atoms with E-state index < -0.39 is 11.6 Å².